The Bertz CT molecular complexity index is 287. The first-order valence-electron chi connectivity index (χ1n) is 7.53. The summed E-state index contributed by atoms with van der Waals surface area (Å²) in [6.45, 7) is 10.9. The molecule has 1 saturated heterocycles. The summed E-state index contributed by atoms with van der Waals surface area (Å²) in [7, 11) is 0. The molecule has 0 aromatic carbocycles. The summed E-state index contributed by atoms with van der Waals surface area (Å²) in [4.78, 5) is 2.76. The van der Waals surface area contributed by atoms with Gasteiger partial charge in [0.1, 0.15) is 0 Å². The third-order valence-electron chi connectivity index (χ3n) is 5.57. The number of nitrogens with zero attached hydrogens (tertiary/aromatic N) is 1. The van der Waals surface area contributed by atoms with Gasteiger partial charge in [-0.05, 0) is 57.8 Å². The monoisotopic (exact) mass is 236 g/mol. The Balaban J connectivity index is 1.63. The molecule has 4 unspecified atom stereocenters. The van der Waals surface area contributed by atoms with E-state index in [0.29, 0.717) is 11.6 Å². The largest absolute Gasteiger partial charge is 0.311 e. The van der Waals surface area contributed by atoms with Gasteiger partial charge in [0.15, 0.2) is 0 Å². The van der Waals surface area contributed by atoms with Crippen molar-refractivity contribution in [1.29, 1.82) is 0 Å². The first kappa shape index (κ1) is 12.0. The minimum atomic E-state index is 0.355. The Morgan fingerprint density at radius 3 is 2.71 bits per heavy atom. The van der Waals surface area contributed by atoms with Crippen LogP contribution in [0.2, 0.25) is 0 Å². The fourth-order valence-corrected chi connectivity index (χ4v) is 4.38. The average Bonchev–Trinajstić information content (AvgIpc) is 2.86. The number of piperazine rings is 1. The Labute approximate surface area is 106 Å². The molecule has 17 heavy (non-hydrogen) atoms. The lowest BCUT2D eigenvalue weighted by Gasteiger charge is -2.47. The molecule has 3 rings (SSSR count). The highest BCUT2D eigenvalue weighted by molar-refractivity contribution is 4.96. The Kier molecular flexibility index (Phi) is 2.99. The lowest BCUT2D eigenvalue weighted by Crippen LogP contribution is -2.62. The molecule has 2 heteroatoms. The van der Waals surface area contributed by atoms with Crippen LogP contribution < -0.4 is 5.32 Å². The lowest BCUT2D eigenvalue weighted by atomic mass is 9.86. The molecule has 3 fully saturated rings. The maximum Gasteiger partial charge on any atom is 0.0278 e. The maximum atomic E-state index is 3.62. The summed E-state index contributed by atoms with van der Waals surface area (Å²) in [5.74, 6) is 3.17. The molecule has 3 aliphatic rings. The molecular formula is C15H28N2. The molecule has 1 N–H and O–H groups in total. The fourth-order valence-electron chi connectivity index (χ4n) is 4.38. The van der Waals surface area contributed by atoms with Gasteiger partial charge in [0.05, 0.1) is 0 Å². The van der Waals surface area contributed by atoms with Gasteiger partial charge in [-0.1, -0.05) is 6.42 Å². The number of fused-ring (bicyclic) bond motifs is 2. The van der Waals surface area contributed by atoms with E-state index in [-0.39, 0.29) is 0 Å². The predicted octanol–water partition coefficient (Wildman–Crippen LogP) is 2.49. The maximum absolute atomic E-state index is 3.62. The zero-order chi connectivity index (χ0) is 12.0. The standard InChI is InChI=1S/C15H28N2/c1-11-8-17(15(2,3)10-16-11)9-14-7-12-4-5-13(14)6-12/h11-14,16H,4-10H2,1-3H3. The van der Waals surface area contributed by atoms with E-state index >= 15 is 0 Å². The molecule has 2 aliphatic carbocycles. The molecular weight excluding hydrogens is 208 g/mol. The van der Waals surface area contributed by atoms with Crippen LogP contribution in [0.3, 0.4) is 0 Å². The van der Waals surface area contributed by atoms with E-state index in [2.05, 4.69) is 31.0 Å². The quantitative estimate of drug-likeness (QED) is 0.792. The van der Waals surface area contributed by atoms with Gasteiger partial charge in [-0.2, -0.15) is 0 Å². The molecule has 2 nitrogen and oxygen atoms in total. The van der Waals surface area contributed by atoms with Crippen molar-refractivity contribution in [2.75, 3.05) is 19.6 Å². The van der Waals surface area contributed by atoms with Crippen LogP contribution in [0.1, 0.15) is 46.5 Å². The van der Waals surface area contributed by atoms with Crippen LogP contribution in [-0.2, 0) is 0 Å². The summed E-state index contributed by atoms with van der Waals surface area (Å²) >= 11 is 0. The Hall–Kier alpha value is -0.0800. The summed E-state index contributed by atoms with van der Waals surface area (Å²) < 4.78 is 0. The van der Waals surface area contributed by atoms with Gasteiger partial charge in [-0.15, -0.1) is 0 Å². The number of nitrogens with one attached hydrogen (secondary N) is 1. The lowest BCUT2D eigenvalue weighted by molar-refractivity contribution is 0.0446. The van der Waals surface area contributed by atoms with Gasteiger partial charge in [-0.3, -0.25) is 4.90 Å². The van der Waals surface area contributed by atoms with Crippen molar-refractivity contribution in [3.05, 3.63) is 0 Å². The van der Waals surface area contributed by atoms with Gasteiger partial charge in [0.2, 0.25) is 0 Å². The number of hydrogen-bond donors (Lipinski definition) is 1. The van der Waals surface area contributed by atoms with Gasteiger partial charge in [-0.25, -0.2) is 0 Å². The van der Waals surface area contributed by atoms with Gasteiger partial charge in [0, 0.05) is 31.2 Å². The first-order chi connectivity index (χ1) is 8.04. The third-order valence-corrected chi connectivity index (χ3v) is 5.57. The molecule has 0 radical (unpaired) electrons. The van der Waals surface area contributed by atoms with Gasteiger partial charge >= 0.3 is 0 Å². The van der Waals surface area contributed by atoms with Crippen LogP contribution in [-0.4, -0.2) is 36.1 Å². The minimum Gasteiger partial charge on any atom is -0.311 e. The second-order valence-electron chi connectivity index (χ2n) is 7.43. The molecule has 0 amide bonds. The minimum absolute atomic E-state index is 0.355. The molecule has 1 aliphatic heterocycles. The Morgan fingerprint density at radius 1 is 1.24 bits per heavy atom. The van der Waals surface area contributed by atoms with Gasteiger partial charge in [0.25, 0.3) is 0 Å². The summed E-state index contributed by atoms with van der Waals surface area (Å²) in [5, 5.41) is 3.62. The van der Waals surface area contributed by atoms with Crippen molar-refractivity contribution in [1.82, 2.24) is 10.2 Å². The molecule has 0 spiro atoms. The molecule has 4 atom stereocenters. The van der Waals surface area contributed by atoms with Crippen LogP contribution >= 0.6 is 0 Å². The zero-order valence-corrected chi connectivity index (χ0v) is 11.7. The normalized spacial score (nSPS) is 45.4. The van der Waals surface area contributed by atoms with E-state index in [1.165, 1.54) is 32.4 Å². The van der Waals surface area contributed by atoms with Crippen LogP contribution in [0.15, 0.2) is 0 Å². The molecule has 2 bridgehead atoms. The molecule has 0 aromatic rings. The van der Waals surface area contributed by atoms with E-state index in [0.717, 1.165) is 24.3 Å². The predicted molar refractivity (Wildman–Crippen MR) is 72.1 cm³/mol. The van der Waals surface area contributed by atoms with Gasteiger partial charge < -0.3 is 5.32 Å². The third kappa shape index (κ3) is 2.26. The van der Waals surface area contributed by atoms with Crippen LogP contribution in [0.5, 0.6) is 0 Å². The van der Waals surface area contributed by atoms with E-state index in [1.807, 2.05) is 0 Å². The van der Waals surface area contributed by atoms with Crippen LogP contribution in [0, 0.1) is 17.8 Å². The fraction of sp³-hybridized carbons (Fsp3) is 1.00. The second-order valence-corrected chi connectivity index (χ2v) is 7.43. The summed E-state index contributed by atoms with van der Waals surface area (Å²) in [5.41, 5.74) is 0.355. The topological polar surface area (TPSA) is 15.3 Å². The average molecular weight is 236 g/mol. The highest BCUT2D eigenvalue weighted by Gasteiger charge is 2.42. The zero-order valence-electron chi connectivity index (χ0n) is 11.7. The molecule has 1 heterocycles. The van der Waals surface area contributed by atoms with Crippen molar-refractivity contribution in [3.63, 3.8) is 0 Å². The summed E-state index contributed by atoms with van der Waals surface area (Å²) in [6, 6.07) is 0.668. The Morgan fingerprint density at radius 2 is 2.06 bits per heavy atom. The number of rotatable bonds is 2. The van der Waals surface area contributed by atoms with E-state index < -0.39 is 0 Å². The van der Waals surface area contributed by atoms with Crippen molar-refractivity contribution in [2.45, 2.75) is 58.0 Å². The van der Waals surface area contributed by atoms with Crippen molar-refractivity contribution in [3.8, 4) is 0 Å². The van der Waals surface area contributed by atoms with E-state index in [4.69, 9.17) is 0 Å². The van der Waals surface area contributed by atoms with E-state index in [9.17, 15) is 0 Å². The highest BCUT2D eigenvalue weighted by Crippen LogP contribution is 2.48. The smallest absolute Gasteiger partial charge is 0.0278 e. The van der Waals surface area contributed by atoms with Crippen molar-refractivity contribution in [2.24, 2.45) is 17.8 Å². The van der Waals surface area contributed by atoms with Crippen molar-refractivity contribution < 1.29 is 0 Å². The first-order valence-corrected chi connectivity index (χ1v) is 7.53. The molecule has 98 valence electrons. The highest BCUT2D eigenvalue weighted by atomic mass is 15.3. The second kappa shape index (κ2) is 4.24. The SMILES string of the molecule is CC1CN(CC2CC3CCC2C3)C(C)(C)CN1. The van der Waals surface area contributed by atoms with Crippen LogP contribution in [0.4, 0.5) is 0 Å². The molecule has 0 aromatic heterocycles. The summed E-state index contributed by atoms with van der Waals surface area (Å²) in [6.07, 6.45) is 6.13. The van der Waals surface area contributed by atoms with E-state index in [1.54, 1.807) is 6.42 Å². The van der Waals surface area contributed by atoms with Crippen LogP contribution in [0.25, 0.3) is 0 Å². The van der Waals surface area contributed by atoms with Crippen molar-refractivity contribution >= 4 is 0 Å². The molecule has 2 saturated carbocycles. The number of hydrogen-bond acceptors (Lipinski definition) is 2.